The third-order valence-electron chi connectivity index (χ3n) is 5.28. The molecule has 0 unspecified atom stereocenters. The molecule has 1 aliphatic carbocycles. The molecule has 1 amide bonds. The molecule has 0 bridgehead atoms. The number of anilines is 3. The summed E-state index contributed by atoms with van der Waals surface area (Å²) in [6.07, 6.45) is 3.94. The topological polar surface area (TPSA) is 98.9 Å². The molecule has 0 aliphatic heterocycles. The molecule has 0 saturated carbocycles. The van der Waals surface area contributed by atoms with E-state index >= 15 is 0 Å². The smallest absolute Gasteiger partial charge is 0.241 e. The summed E-state index contributed by atoms with van der Waals surface area (Å²) in [4.78, 5) is 32.4. The fourth-order valence-electron chi connectivity index (χ4n) is 3.77. The number of hydrogen-bond acceptors (Lipinski definition) is 5. The number of amides is 1. The number of hydrogen-bond donors (Lipinski definition) is 4. The van der Waals surface area contributed by atoms with E-state index in [1.165, 1.54) is 0 Å². The molecule has 154 valence electrons. The van der Waals surface area contributed by atoms with Crippen LogP contribution in [0, 0.1) is 0 Å². The zero-order valence-corrected chi connectivity index (χ0v) is 17.1. The molecule has 4 N–H and O–H groups in total. The van der Waals surface area contributed by atoms with E-state index in [1.54, 1.807) is 20.2 Å². The number of rotatable bonds is 6. The highest BCUT2D eigenvalue weighted by molar-refractivity contribution is 6.07. The molecule has 7 heteroatoms. The van der Waals surface area contributed by atoms with E-state index < -0.39 is 6.04 Å². The second-order valence-electron chi connectivity index (χ2n) is 7.41. The Hall–Kier alpha value is -3.61. The van der Waals surface area contributed by atoms with Gasteiger partial charge in [0.1, 0.15) is 11.9 Å². The SMILES string of the molecule is CNC(=O)[C@@H](C)Nc1cc(-c2[nH]c3c(c2Nc2ccccc2)C(=O)CCC3)ccn1. The highest BCUT2D eigenvalue weighted by atomic mass is 16.2. The van der Waals surface area contributed by atoms with Gasteiger partial charge in [0.15, 0.2) is 5.78 Å². The Kier molecular flexibility index (Phi) is 5.52. The van der Waals surface area contributed by atoms with Crippen LogP contribution in [0.1, 0.15) is 35.8 Å². The molecular weight excluding hydrogens is 378 g/mol. The van der Waals surface area contributed by atoms with Crippen LogP contribution in [-0.4, -0.2) is 34.7 Å². The summed E-state index contributed by atoms with van der Waals surface area (Å²) in [7, 11) is 1.60. The number of nitrogens with one attached hydrogen (secondary N) is 4. The van der Waals surface area contributed by atoms with Gasteiger partial charge in [-0.2, -0.15) is 0 Å². The van der Waals surface area contributed by atoms with Gasteiger partial charge in [-0.05, 0) is 44.0 Å². The predicted molar refractivity (Wildman–Crippen MR) is 118 cm³/mol. The molecule has 1 aromatic carbocycles. The lowest BCUT2D eigenvalue weighted by atomic mass is 9.95. The number of likely N-dealkylation sites (N-methyl/N-ethyl adjacent to an activating group) is 1. The van der Waals surface area contributed by atoms with Gasteiger partial charge in [-0.1, -0.05) is 18.2 Å². The average Bonchev–Trinajstić information content (AvgIpc) is 3.13. The van der Waals surface area contributed by atoms with E-state index in [9.17, 15) is 9.59 Å². The van der Waals surface area contributed by atoms with Gasteiger partial charge in [0.25, 0.3) is 0 Å². The number of aromatic nitrogens is 2. The lowest BCUT2D eigenvalue weighted by molar-refractivity contribution is -0.121. The monoisotopic (exact) mass is 403 g/mol. The minimum atomic E-state index is -0.418. The zero-order valence-electron chi connectivity index (χ0n) is 17.1. The highest BCUT2D eigenvalue weighted by Gasteiger charge is 2.27. The summed E-state index contributed by atoms with van der Waals surface area (Å²) in [5.41, 5.74) is 5.14. The van der Waals surface area contributed by atoms with Crippen molar-refractivity contribution in [2.75, 3.05) is 17.7 Å². The highest BCUT2D eigenvalue weighted by Crippen LogP contribution is 2.39. The summed E-state index contributed by atoms with van der Waals surface area (Å²) in [5, 5.41) is 9.18. The van der Waals surface area contributed by atoms with Crippen molar-refractivity contribution >= 4 is 28.9 Å². The maximum absolute atomic E-state index is 12.7. The molecular formula is C23H25N5O2. The number of carbonyl (C=O) groups excluding carboxylic acids is 2. The maximum atomic E-state index is 12.7. The molecule has 0 spiro atoms. The molecule has 0 fully saturated rings. The fourth-order valence-corrected chi connectivity index (χ4v) is 3.77. The van der Waals surface area contributed by atoms with Crippen molar-refractivity contribution in [3.8, 4) is 11.3 Å². The molecule has 1 aliphatic rings. The Balaban J connectivity index is 1.74. The van der Waals surface area contributed by atoms with Gasteiger partial charge >= 0.3 is 0 Å². The number of aromatic amines is 1. The van der Waals surface area contributed by atoms with Crippen LogP contribution >= 0.6 is 0 Å². The van der Waals surface area contributed by atoms with Crippen LogP contribution in [0.5, 0.6) is 0 Å². The first-order valence-electron chi connectivity index (χ1n) is 10.1. The quantitative estimate of drug-likeness (QED) is 0.501. The number of fused-ring (bicyclic) bond motifs is 1. The van der Waals surface area contributed by atoms with Crippen molar-refractivity contribution in [1.29, 1.82) is 0 Å². The Morgan fingerprint density at radius 3 is 2.73 bits per heavy atom. The number of pyridine rings is 1. The van der Waals surface area contributed by atoms with Gasteiger partial charge in [-0.3, -0.25) is 9.59 Å². The third-order valence-corrected chi connectivity index (χ3v) is 5.28. The first-order chi connectivity index (χ1) is 14.6. The van der Waals surface area contributed by atoms with Crippen LogP contribution in [0.3, 0.4) is 0 Å². The zero-order chi connectivity index (χ0) is 21.1. The van der Waals surface area contributed by atoms with E-state index in [0.717, 1.165) is 46.7 Å². The summed E-state index contributed by atoms with van der Waals surface area (Å²) >= 11 is 0. The number of Topliss-reactive ketones (excluding diaryl/α,β-unsaturated/α-hetero) is 1. The van der Waals surface area contributed by atoms with E-state index in [2.05, 4.69) is 25.9 Å². The van der Waals surface area contributed by atoms with Crippen LogP contribution in [0.4, 0.5) is 17.2 Å². The minimum absolute atomic E-state index is 0.116. The molecule has 30 heavy (non-hydrogen) atoms. The Morgan fingerprint density at radius 1 is 1.17 bits per heavy atom. The van der Waals surface area contributed by atoms with Crippen LogP contribution in [0.2, 0.25) is 0 Å². The van der Waals surface area contributed by atoms with Crippen molar-refractivity contribution in [2.24, 2.45) is 0 Å². The fraction of sp³-hybridized carbons (Fsp3) is 0.261. The molecule has 3 aromatic rings. The second-order valence-corrected chi connectivity index (χ2v) is 7.41. The first-order valence-corrected chi connectivity index (χ1v) is 10.1. The van der Waals surface area contributed by atoms with Gasteiger partial charge in [0.05, 0.1) is 16.9 Å². The van der Waals surface area contributed by atoms with E-state index in [0.29, 0.717) is 12.2 Å². The number of carbonyl (C=O) groups is 2. The average molecular weight is 403 g/mol. The Bertz CT molecular complexity index is 1070. The van der Waals surface area contributed by atoms with Crippen molar-refractivity contribution in [2.45, 2.75) is 32.2 Å². The largest absolute Gasteiger partial charge is 0.359 e. The summed E-state index contributed by atoms with van der Waals surface area (Å²) in [6, 6.07) is 13.2. The first kappa shape index (κ1) is 19.7. The molecule has 4 rings (SSSR count). The van der Waals surface area contributed by atoms with Crippen molar-refractivity contribution in [3.05, 3.63) is 59.9 Å². The van der Waals surface area contributed by atoms with Crippen molar-refractivity contribution in [1.82, 2.24) is 15.3 Å². The van der Waals surface area contributed by atoms with E-state index in [-0.39, 0.29) is 11.7 Å². The van der Waals surface area contributed by atoms with Gasteiger partial charge in [-0.25, -0.2) is 4.98 Å². The summed E-state index contributed by atoms with van der Waals surface area (Å²) in [5.74, 6) is 0.626. The number of benzene rings is 1. The second kappa shape index (κ2) is 8.41. The molecule has 2 heterocycles. The number of para-hydroxylation sites is 1. The predicted octanol–water partition coefficient (Wildman–Crippen LogP) is 3.89. The molecule has 2 aromatic heterocycles. The van der Waals surface area contributed by atoms with Crippen LogP contribution in [0.15, 0.2) is 48.7 Å². The normalized spacial score (nSPS) is 14.0. The van der Waals surface area contributed by atoms with E-state index in [1.807, 2.05) is 42.5 Å². The number of ketones is 1. The summed E-state index contributed by atoms with van der Waals surface area (Å²) in [6.45, 7) is 1.78. The number of nitrogens with zero attached hydrogens (tertiary/aromatic N) is 1. The number of aryl methyl sites for hydroxylation is 1. The molecule has 0 radical (unpaired) electrons. The van der Waals surface area contributed by atoms with Crippen LogP contribution < -0.4 is 16.0 Å². The van der Waals surface area contributed by atoms with Crippen LogP contribution in [0.25, 0.3) is 11.3 Å². The van der Waals surface area contributed by atoms with Crippen molar-refractivity contribution in [3.63, 3.8) is 0 Å². The molecule has 0 saturated heterocycles. The summed E-state index contributed by atoms with van der Waals surface area (Å²) < 4.78 is 0. The maximum Gasteiger partial charge on any atom is 0.241 e. The molecule has 7 nitrogen and oxygen atoms in total. The lowest BCUT2D eigenvalue weighted by Gasteiger charge is -2.15. The van der Waals surface area contributed by atoms with Crippen molar-refractivity contribution < 1.29 is 9.59 Å². The lowest BCUT2D eigenvalue weighted by Crippen LogP contribution is -2.35. The Morgan fingerprint density at radius 2 is 1.97 bits per heavy atom. The minimum Gasteiger partial charge on any atom is -0.359 e. The van der Waals surface area contributed by atoms with E-state index in [4.69, 9.17) is 0 Å². The Labute approximate surface area is 175 Å². The van der Waals surface area contributed by atoms with Gasteiger partial charge in [-0.15, -0.1) is 0 Å². The third kappa shape index (κ3) is 3.91. The van der Waals surface area contributed by atoms with Gasteiger partial charge in [0.2, 0.25) is 5.91 Å². The standard InChI is InChI=1S/C23H25N5O2/c1-14(23(30)24-2)26-19-13-15(11-12-25-19)21-22(27-16-7-4-3-5-8-16)20-17(28-21)9-6-10-18(20)29/h3-5,7-8,11-14,27-28H,6,9-10H2,1-2H3,(H,24,30)(H,25,26)/t14-/m1/s1. The molecule has 1 atom stereocenters. The van der Waals surface area contributed by atoms with Gasteiger partial charge in [0, 0.05) is 36.6 Å². The van der Waals surface area contributed by atoms with Crippen LogP contribution in [-0.2, 0) is 11.2 Å². The number of H-pyrrole nitrogens is 1. The van der Waals surface area contributed by atoms with Gasteiger partial charge < -0.3 is 20.9 Å².